The molecule has 15 nitrogen and oxygen atoms in total. The van der Waals surface area contributed by atoms with Gasteiger partial charge in [0.2, 0.25) is 0 Å². The number of halogens is 1. The van der Waals surface area contributed by atoms with E-state index in [0.29, 0.717) is 4.57 Å². The molecule has 0 amide bonds. The largest absolute Gasteiger partial charge is 0.462 e. The van der Waals surface area contributed by atoms with Crippen LogP contribution < -0.4 is 20.9 Å². The van der Waals surface area contributed by atoms with E-state index in [2.05, 4.69) is 15.1 Å². The van der Waals surface area contributed by atoms with Crippen LogP contribution in [0.2, 0.25) is 0 Å². The first kappa shape index (κ1) is 30.0. The minimum Gasteiger partial charge on any atom is -0.462 e. The van der Waals surface area contributed by atoms with Crippen molar-refractivity contribution in [1.82, 2.24) is 14.6 Å². The molecule has 3 N–H and O–H groups in total. The van der Waals surface area contributed by atoms with Gasteiger partial charge in [0.25, 0.3) is 5.56 Å². The van der Waals surface area contributed by atoms with Crippen molar-refractivity contribution in [3.8, 4) is 5.75 Å². The number of carbonyl (C=O) groups is 1. The Hall–Kier alpha value is -3.52. The number of para-hydroxylation sites is 1. The fourth-order valence-corrected chi connectivity index (χ4v) is 5.18. The second-order valence-corrected chi connectivity index (χ2v) is 10.6. The van der Waals surface area contributed by atoms with Crippen LogP contribution in [0.15, 0.2) is 57.3 Å². The zero-order chi connectivity index (χ0) is 28.8. The number of aliphatic hydroxyl groups excluding tert-OH is 1. The topological polar surface area (TPSA) is 207 Å². The first-order chi connectivity index (χ1) is 18.4. The summed E-state index contributed by atoms with van der Waals surface area (Å²) in [7, 11) is -4.49. The van der Waals surface area contributed by atoms with Crippen molar-refractivity contribution in [3.05, 3.63) is 73.9 Å². The van der Waals surface area contributed by atoms with Crippen LogP contribution in [0.1, 0.15) is 27.0 Å². The first-order valence-electron chi connectivity index (χ1n) is 11.7. The Kier molecular flexibility index (Phi) is 9.67. The van der Waals surface area contributed by atoms with E-state index in [1.807, 2.05) is 4.98 Å². The summed E-state index contributed by atoms with van der Waals surface area (Å²) < 4.78 is 51.6. The third kappa shape index (κ3) is 7.32. The number of aliphatic hydroxyl groups is 1. The Balaban J connectivity index is 1.93. The average Bonchev–Trinajstić information content (AvgIpc) is 3.12. The molecule has 0 radical (unpaired) electrons. The summed E-state index contributed by atoms with van der Waals surface area (Å²) in [5.41, 5.74) is 4.94. The Morgan fingerprint density at radius 2 is 2.03 bits per heavy atom. The zero-order valence-electron chi connectivity index (χ0n) is 21.2. The van der Waals surface area contributed by atoms with Crippen LogP contribution in [-0.2, 0) is 23.4 Å². The van der Waals surface area contributed by atoms with E-state index in [1.165, 1.54) is 19.1 Å². The first-order valence-corrected chi connectivity index (χ1v) is 13.2. The normalized spacial score (nSPS) is 24.9. The summed E-state index contributed by atoms with van der Waals surface area (Å²) in [6.45, 7) is 3.00. The molecule has 1 aliphatic rings. The highest BCUT2D eigenvalue weighted by Crippen LogP contribution is 2.48. The summed E-state index contributed by atoms with van der Waals surface area (Å²) in [6, 6.07) is 7.51. The van der Waals surface area contributed by atoms with Gasteiger partial charge in [-0.2, -0.15) is 5.09 Å². The monoisotopic (exact) mass is 570 g/mol. The van der Waals surface area contributed by atoms with Gasteiger partial charge in [-0.25, -0.2) is 13.8 Å². The molecule has 17 heteroatoms. The van der Waals surface area contributed by atoms with Crippen molar-refractivity contribution in [2.24, 2.45) is 5.11 Å². The molecule has 2 unspecified atom stereocenters. The highest BCUT2D eigenvalue weighted by molar-refractivity contribution is 7.52. The number of azide groups is 1. The number of ether oxygens (including phenoxy) is 2. The molecular weight excluding hydrogens is 542 g/mol. The molecule has 1 fully saturated rings. The summed E-state index contributed by atoms with van der Waals surface area (Å²) in [5.74, 6) is -0.691. The van der Waals surface area contributed by atoms with Crippen molar-refractivity contribution in [1.29, 1.82) is 0 Å². The standard InChI is InChI=1S/C22H28FN6O9P/c1-13(2)36-20(32)14(3)27-39(34,38-15-7-5-4-6-8-15)35-12-22(11-25-28-24)18(31)17(23)19(37-22)29-10-9-16(30)26-21(29)33/h4-10,13-14,17-19,31H,11-12H2,1-3H3,(H,27,34)(H,26,30,33)/t14?,17-,18+,19-,22-,39?/m1/s1. The highest BCUT2D eigenvalue weighted by atomic mass is 31.2. The maximum Gasteiger partial charge on any atom is 0.459 e. The maximum atomic E-state index is 15.3. The molecule has 0 spiro atoms. The number of aromatic amines is 1. The molecule has 1 saturated heterocycles. The van der Waals surface area contributed by atoms with Gasteiger partial charge in [-0.3, -0.25) is 23.7 Å². The van der Waals surface area contributed by atoms with Crippen LogP contribution >= 0.6 is 7.75 Å². The number of aromatic nitrogens is 2. The van der Waals surface area contributed by atoms with Gasteiger partial charge in [-0.15, -0.1) is 0 Å². The van der Waals surface area contributed by atoms with Crippen molar-refractivity contribution >= 4 is 13.7 Å². The third-order valence-corrected chi connectivity index (χ3v) is 7.12. The fraction of sp³-hybridized carbons (Fsp3) is 0.500. The molecule has 3 rings (SSSR count). The van der Waals surface area contributed by atoms with Gasteiger partial charge in [-0.1, -0.05) is 23.3 Å². The molecule has 1 aromatic carbocycles. The number of nitrogens with one attached hydrogen (secondary N) is 2. The number of hydrogen-bond donors (Lipinski definition) is 3. The average molecular weight is 570 g/mol. The van der Waals surface area contributed by atoms with Gasteiger partial charge in [0.05, 0.1) is 19.3 Å². The molecular formula is C22H28FN6O9P. The molecule has 0 saturated carbocycles. The minimum absolute atomic E-state index is 0.0794. The van der Waals surface area contributed by atoms with Crippen LogP contribution in [0.4, 0.5) is 4.39 Å². The molecule has 2 heterocycles. The number of benzene rings is 1. The van der Waals surface area contributed by atoms with Crippen molar-refractivity contribution in [2.75, 3.05) is 13.2 Å². The third-order valence-electron chi connectivity index (χ3n) is 5.50. The molecule has 6 atom stereocenters. The van der Waals surface area contributed by atoms with E-state index in [9.17, 15) is 24.1 Å². The predicted molar refractivity (Wildman–Crippen MR) is 134 cm³/mol. The minimum atomic E-state index is -4.49. The summed E-state index contributed by atoms with van der Waals surface area (Å²) >= 11 is 0. The van der Waals surface area contributed by atoms with E-state index >= 15 is 4.39 Å². The number of carbonyl (C=O) groups excluding carboxylic acids is 1. The quantitative estimate of drug-likeness (QED) is 0.111. The van der Waals surface area contributed by atoms with Crippen LogP contribution in [0.25, 0.3) is 10.4 Å². The number of alkyl halides is 1. The van der Waals surface area contributed by atoms with E-state index in [1.54, 1.807) is 32.0 Å². The Morgan fingerprint density at radius 1 is 1.33 bits per heavy atom. The van der Waals surface area contributed by atoms with Crippen LogP contribution in [0.3, 0.4) is 0 Å². The van der Waals surface area contributed by atoms with Crippen LogP contribution in [-0.4, -0.2) is 63.8 Å². The van der Waals surface area contributed by atoms with Crippen molar-refractivity contribution in [3.63, 3.8) is 0 Å². The molecule has 1 aliphatic heterocycles. The van der Waals surface area contributed by atoms with Gasteiger partial charge >= 0.3 is 19.4 Å². The lowest BCUT2D eigenvalue weighted by atomic mass is 9.97. The maximum absolute atomic E-state index is 15.3. The molecule has 0 aliphatic carbocycles. The number of H-pyrrole nitrogens is 1. The van der Waals surface area contributed by atoms with Gasteiger partial charge in [0.1, 0.15) is 23.5 Å². The van der Waals surface area contributed by atoms with E-state index in [-0.39, 0.29) is 5.75 Å². The summed E-state index contributed by atoms with van der Waals surface area (Å²) in [5, 5.41) is 16.6. The zero-order valence-corrected chi connectivity index (χ0v) is 22.1. The molecule has 212 valence electrons. The lowest BCUT2D eigenvalue weighted by molar-refractivity contribution is -0.149. The van der Waals surface area contributed by atoms with Crippen molar-refractivity contribution < 1.29 is 37.4 Å². The predicted octanol–water partition coefficient (Wildman–Crippen LogP) is 1.95. The lowest BCUT2D eigenvalue weighted by Gasteiger charge is -2.32. The number of rotatable bonds is 12. The molecule has 39 heavy (non-hydrogen) atoms. The number of hydrogen-bond acceptors (Lipinski definition) is 10. The van der Waals surface area contributed by atoms with E-state index in [0.717, 1.165) is 12.3 Å². The van der Waals surface area contributed by atoms with Gasteiger partial charge in [0, 0.05) is 17.2 Å². The Bertz CT molecular complexity index is 1370. The SMILES string of the molecule is CC(C)OC(=O)C(C)NP(=O)(OC[C@@]1(CN=[N+]=[N-])O[C@@H](n2ccc(=O)[nH]c2=O)[C@H](F)[C@@H]1O)Oc1ccccc1. The number of esters is 1. The van der Waals surface area contributed by atoms with Crippen LogP contribution in [0.5, 0.6) is 5.75 Å². The Morgan fingerprint density at radius 3 is 2.64 bits per heavy atom. The lowest BCUT2D eigenvalue weighted by Crippen LogP contribution is -2.49. The molecule has 2 aromatic rings. The molecule has 1 aromatic heterocycles. The highest BCUT2D eigenvalue weighted by Gasteiger charge is 2.57. The van der Waals surface area contributed by atoms with Crippen LogP contribution in [0, 0.1) is 0 Å². The second-order valence-electron chi connectivity index (χ2n) is 8.88. The second kappa shape index (κ2) is 12.6. The fourth-order valence-electron chi connectivity index (χ4n) is 3.63. The molecule has 0 bridgehead atoms. The van der Waals surface area contributed by atoms with Crippen molar-refractivity contribution in [2.45, 2.75) is 57.0 Å². The van der Waals surface area contributed by atoms with Gasteiger partial charge in [0.15, 0.2) is 12.4 Å². The summed E-state index contributed by atoms with van der Waals surface area (Å²) in [4.78, 5) is 40.6. The smallest absolute Gasteiger partial charge is 0.459 e. The summed E-state index contributed by atoms with van der Waals surface area (Å²) in [6.07, 6.45) is -5.61. The van der Waals surface area contributed by atoms with Gasteiger partial charge in [-0.05, 0) is 38.4 Å². The van der Waals surface area contributed by atoms with E-state index < -0.39 is 74.4 Å². The van der Waals surface area contributed by atoms with Gasteiger partial charge < -0.3 is 19.1 Å². The Labute approximate surface area is 221 Å². The number of nitrogens with zero attached hydrogens (tertiary/aromatic N) is 4. The van der Waals surface area contributed by atoms with E-state index in [4.69, 9.17) is 24.1 Å².